The summed E-state index contributed by atoms with van der Waals surface area (Å²) in [6, 6.07) is -4.98. The Hall–Kier alpha value is -5.23. The van der Waals surface area contributed by atoms with Crippen LogP contribution in [0.4, 0.5) is 13.2 Å². The molecule has 3 aliphatic rings. The lowest BCUT2D eigenvalue weighted by Crippen LogP contribution is -2.62. The molecule has 5 amide bonds. The number of rotatable bonds is 15. The van der Waals surface area contributed by atoms with E-state index < -0.39 is 88.9 Å². The largest absolute Gasteiger partial charge is 0.458 e. The molecule has 310 valence electrons. The summed E-state index contributed by atoms with van der Waals surface area (Å²) < 4.78 is 46.1. The number of nitrogens with one attached hydrogen (secondary N) is 4. The Bertz CT molecular complexity index is 1780. The van der Waals surface area contributed by atoms with Gasteiger partial charge in [-0.3, -0.25) is 33.8 Å². The minimum absolute atomic E-state index is 0.00106. The van der Waals surface area contributed by atoms with E-state index in [-0.39, 0.29) is 37.0 Å². The third-order valence-corrected chi connectivity index (χ3v) is 10.3. The molecule has 16 nitrogen and oxygen atoms in total. The highest BCUT2D eigenvalue weighted by molar-refractivity contribution is 6.38. The van der Waals surface area contributed by atoms with Crippen LogP contribution in [0.15, 0.2) is 30.9 Å². The quantitative estimate of drug-likeness (QED) is 0.192. The van der Waals surface area contributed by atoms with Gasteiger partial charge < -0.3 is 30.9 Å². The molecule has 3 fully saturated rings. The third-order valence-electron chi connectivity index (χ3n) is 10.3. The number of carbonyl (C=O) groups excluding carboxylic acids is 6. The summed E-state index contributed by atoms with van der Waals surface area (Å²) in [7, 11) is 0. The SMILES string of the molecule is CCCC(NC(=O)[C@H]1C[C@H](Oc2nccc(C(F)(F)F)n2)CN1C(=O)C(NC(=O)C(NC(=O)c1cnccn1)C1CCCCC1)C(C)(C)C)C(=O)C(=O)NC1CC1. The molecule has 3 unspecified atom stereocenters. The lowest BCUT2D eigenvalue weighted by Gasteiger charge is -2.37. The van der Waals surface area contributed by atoms with Crippen molar-refractivity contribution in [2.24, 2.45) is 11.3 Å². The summed E-state index contributed by atoms with van der Waals surface area (Å²) in [5.41, 5.74) is -2.24. The van der Waals surface area contributed by atoms with Gasteiger partial charge in [0.05, 0.1) is 18.8 Å². The number of ether oxygens (including phenoxy) is 1. The number of Topliss-reactive ketones (excluding diaryl/α,β-unsaturated/α-hetero) is 1. The van der Waals surface area contributed by atoms with Crippen molar-refractivity contribution in [2.75, 3.05) is 6.54 Å². The first kappa shape index (κ1) is 42.9. The first-order valence-electron chi connectivity index (χ1n) is 19.4. The van der Waals surface area contributed by atoms with Crippen LogP contribution in [0.3, 0.4) is 0 Å². The van der Waals surface area contributed by atoms with E-state index in [0.717, 1.165) is 43.2 Å². The van der Waals surface area contributed by atoms with E-state index >= 15 is 0 Å². The Morgan fingerprint density at radius 3 is 2.26 bits per heavy atom. The Balaban J connectivity index is 1.42. The highest BCUT2D eigenvalue weighted by Crippen LogP contribution is 2.32. The van der Waals surface area contributed by atoms with Crippen LogP contribution in [0.5, 0.6) is 6.01 Å². The van der Waals surface area contributed by atoms with E-state index in [2.05, 4.69) is 41.2 Å². The zero-order valence-electron chi connectivity index (χ0n) is 32.4. The zero-order chi connectivity index (χ0) is 41.5. The molecule has 19 heteroatoms. The summed E-state index contributed by atoms with van der Waals surface area (Å²) in [6.07, 6.45) is 4.71. The first-order valence-corrected chi connectivity index (χ1v) is 19.4. The number of likely N-dealkylation sites (tertiary alicyclic amines) is 1. The van der Waals surface area contributed by atoms with E-state index in [4.69, 9.17) is 4.74 Å². The molecule has 1 aliphatic heterocycles. The van der Waals surface area contributed by atoms with Gasteiger partial charge in [0.1, 0.15) is 29.9 Å². The van der Waals surface area contributed by atoms with Crippen LogP contribution in [0.2, 0.25) is 0 Å². The van der Waals surface area contributed by atoms with Gasteiger partial charge in [-0.25, -0.2) is 9.97 Å². The fraction of sp³-hybridized carbons (Fsp3) is 0.632. The average molecular weight is 802 g/mol. The van der Waals surface area contributed by atoms with Gasteiger partial charge in [0.2, 0.25) is 23.5 Å². The molecule has 4 N–H and O–H groups in total. The molecular weight excluding hydrogens is 751 g/mol. The number of amides is 5. The maximum Gasteiger partial charge on any atom is 0.433 e. The second-order valence-electron chi connectivity index (χ2n) is 15.9. The van der Waals surface area contributed by atoms with Crippen molar-refractivity contribution in [3.8, 4) is 6.01 Å². The molecule has 5 rings (SSSR count). The average Bonchev–Trinajstić information content (AvgIpc) is 3.90. The molecule has 0 radical (unpaired) electrons. The molecule has 3 heterocycles. The normalized spacial score (nSPS) is 20.4. The highest BCUT2D eigenvalue weighted by Gasteiger charge is 2.48. The van der Waals surface area contributed by atoms with E-state index in [1.54, 1.807) is 27.7 Å². The third kappa shape index (κ3) is 11.4. The second-order valence-corrected chi connectivity index (χ2v) is 15.9. The van der Waals surface area contributed by atoms with Gasteiger partial charge in [-0.15, -0.1) is 0 Å². The minimum Gasteiger partial charge on any atom is -0.458 e. The van der Waals surface area contributed by atoms with Gasteiger partial charge in [0.25, 0.3) is 11.8 Å². The van der Waals surface area contributed by atoms with Crippen LogP contribution >= 0.6 is 0 Å². The number of hydrogen-bond donors (Lipinski definition) is 4. The molecule has 0 aromatic carbocycles. The van der Waals surface area contributed by atoms with Gasteiger partial charge >= 0.3 is 12.2 Å². The topological polar surface area (TPSA) is 215 Å². The Morgan fingerprint density at radius 1 is 0.930 bits per heavy atom. The number of halogens is 3. The van der Waals surface area contributed by atoms with Crippen molar-refractivity contribution in [1.29, 1.82) is 0 Å². The molecule has 5 atom stereocenters. The molecule has 2 aromatic heterocycles. The molecule has 2 saturated carbocycles. The lowest BCUT2D eigenvalue weighted by atomic mass is 9.82. The van der Waals surface area contributed by atoms with Crippen molar-refractivity contribution >= 4 is 35.3 Å². The minimum atomic E-state index is -4.80. The molecular formula is C38H50F3N9O7. The van der Waals surface area contributed by atoms with E-state index in [1.807, 2.05) is 0 Å². The summed E-state index contributed by atoms with van der Waals surface area (Å²) in [6.45, 7) is 6.54. The number of alkyl halides is 3. The molecule has 0 spiro atoms. The summed E-state index contributed by atoms with van der Waals surface area (Å²) in [5.74, 6) is -4.73. The summed E-state index contributed by atoms with van der Waals surface area (Å²) in [4.78, 5) is 98.5. The second kappa shape index (κ2) is 18.4. The first-order chi connectivity index (χ1) is 27.0. The molecule has 2 aliphatic carbocycles. The van der Waals surface area contributed by atoms with Crippen LogP contribution < -0.4 is 26.0 Å². The Morgan fingerprint density at radius 2 is 1.65 bits per heavy atom. The predicted octanol–water partition coefficient (Wildman–Crippen LogP) is 2.68. The number of aromatic nitrogens is 4. The maximum absolute atomic E-state index is 14.7. The van der Waals surface area contributed by atoms with Crippen molar-refractivity contribution in [2.45, 2.75) is 134 Å². The fourth-order valence-electron chi connectivity index (χ4n) is 7.09. The van der Waals surface area contributed by atoms with Crippen molar-refractivity contribution in [3.63, 3.8) is 0 Å². The van der Waals surface area contributed by atoms with Crippen LogP contribution in [0.1, 0.15) is 108 Å². The van der Waals surface area contributed by atoms with Gasteiger partial charge in [-0.05, 0) is 49.5 Å². The van der Waals surface area contributed by atoms with Crippen molar-refractivity contribution in [3.05, 3.63) is 42.2 Å². The van der Waals surface area contributed by atoms with Crippen LogP contribution in [-0.4, -0.2) is 103 Å². The van der Waals surface area contributed by atoms with Gasteiger partial charge in [-0.2, -0.15) is 18.2 Å². The smallest absolute Gasteiger partial charge is 0.433 e. The maximum atomic E-state index is 14.7. The van der Waals surface area contributed by atoms with Crippen molar-refractivity contribution in [1.82, 2.24) is 46.1 Å². The molecule has 0 bridgehead atoms. The van der Waals surface area contributed by atoms with E-state index in [0.29, 0.717) is 25.3 Å². The van der Waals surface area contributed by atoms with E-state index in [1.165, 1.54) is 18.6 Å². The van der Waals surface area contributed by atoms with Gasteiger partial charge in [0.15, 0.2) is 5.69 Å². The number of nitrogens with zero attached hydrogens (tertiary/aromatic N) is 5. The zero-order valence-corrected chi connectivity index (χ0v) is 32.4. The van der Waals surface area contributed by atoms with Crippen LogP contribution in [0.25, 0.3) is 0 Å². The predicted molar refractivity (Wildman–Crippen MR) is 196 cm³/mol. The van der Waals surface area contributed by atoms with Crippen LogP contribution in [0, 0.1) is 11.3 Å². The molecule has 57 heavy (non-hydrogen) atoms. The molecule has 1 saturated heterocycles. The Kier molecular flexibility index (Phi) is 13.8. The van der Waals surface area contributed by atoms with Gasteiger partial charge in [0, 0.05) is 31.1 Å². The van der Waals surface area contributed by atoms with Crippen molar-refractivity contribution < 1.29 is 46.7 Å². The lowest BCUT2D eigenvalue weighted by molar-refractivity contribution is -0.145. The van der Waals surface area contributed by atoms with E-state index in [9.17, 15) is 41.9 Å². The Labute approximate surface area is 328 Å². The summed E-state index contributed by atoms with van der Waals surface area (Å²) in [5, 5.41) is 10.9. The molecule has 2 aromatic rings. The standard InChI is InChI=1S/C38H50F3N9O7/c1-5-9-24(29(51)34(55)45-22-12-13-22)46-32(53)26-18-23(57-36-44-15-14-27(47-36)38(39,40)41)20-50(26)35(56)30(37(2,3)4)49-33(54)28(21-10-7-6-8-11-21)48-31(52)25-19-42-16-17-43-25/h14-17,19,21-24,26,28,30H,5-13,18,20H2,1-4H3,(H,45,55)(H,46,53)(H,48,52)(H,49,54)/t23-,24?,26+,28?,30?/m0/s1. The fourth-order valence-corrected chi connectivity index (χ4v) is 7.09. The summed E-state index contributed by atoms with van der Waals surface area (Å²) >= 11 is 0. The van der Waals surface area contributed by atoms with Gasteiger partial charge in [-0.1, -0.05) is 53.4 Å². The highest BCUT2D eigenvalue weighted by atomic mass is 19.4. The monoisotopic (exact) mass is 801 g/mol. The van der Waals surface area contributed by atoms with Crippen LogP contribution in [-0.2, 0) is 30.1 Å². The number of ketones is 1. The number of carbonyl (C=O) groups is 6. The number of hydrogen-bond acceptors (Lipinski definition) is 11.